The second-order valence-electron chi connectivity index (χ2n) is 6.79. The average Bonchev–Trinajstić information content (AvgIpc) is 3.29. The zero-order chi connectivity index (χ0) is 17.5. The van der Waals surface area contributed by atoms with Gasteiger partial charge in [-0.3, -0.25) is 9.20 Å². The highest BCUT2D eigenvalue weighted by atomic mass is 32.1. The normalized spacial score (nSPS) is 17.2. The third-order valence-electron chi connectivity index (χ3n) is 4.82. The van der Waals surface area contributed by atoms with Crippen molar-refractivity contribution in [1.82, 2.24) is 14.7 Å². The van der Waals surface area contributed by atoms with Gasteiger partial charge in [-0.15, -0.1) is 11.3 Å². The van der Waals surface area contributed by atoms with Crippen LogP contribution < -0.4 is 14.8 Å². The molecule has 2 aromatic heterocycles. The number of hydrogen-bond acceptors (Lipinski definition) is 5. The summed E-state index contributed by atoms with van der Waals surface area (Å²) in [4.78, 5) is 18.0. The fourth-order valence-electron chi connectivity index (χ4n) is 3.41. The van der Waals surface area contributed by atoms with E-state index in [2.05, 4.69) is 10.3 Å². The lowest BCUT2D eigenvalue weighted by Crippen LogP contribution is -2.31. The van der Waals surface area contributed by atoms with Gasteiger partial charge in [0.1, 0.15) is 13.2 Å². The quantitative estimate of drug-likeness (QED) is 0.751. The predicted octanol–water partition coefficient (Wildman–Crippen LogP) is 2.98. The second-order valence-corrected chi connectivity index (χ2v) is 7.66. The van der Waals surface area contributed by atoms with E-state index in [0.717, 1.165) is 40.6 Å². The molecular weight excluding hydrogens is 350 g/mol. The summed E-state index contributed by atoms with van der Waals surface area (Å²) in [5.74, 6) is 2.04. The lowest BCUT2D eigenvalue weighted by atomic mass is 10.0. The van der Waals surface area contributed by atoms with E-state index < -0.39 is 0 Å². The topological polar surface area (TPSA) is 64.9 Å². The van der Waals surface area contributed by atoms with Gasteiger partial charge < -0.3 is 14.8 Å². The summed E-state index contributed by atoms with van der Waals surface area (Å²) >= 11 is 1.57. The van der Waals surface area contributed by atoms with Crippen molar-refractivity contribution in [3.8, 4) is 11.5 Å². The lowest BCUT2D eigenvalue weighted by molar-refractivity contribution is -0.121. The Balaban J connectivity index is 1.32. The second kappa shape index (κ2) is 6.32. The maximum Gasteiger partial charge on any atom is 0.226 e. The molecule has 6 nitrogen and oxygen atoms in total. The van der Waals surface area contributed by atoms with Gasteiger partial charge in [0.05, 0.1) is 18.2 Å². The number of nitrogens with zero attached hydrogens (tertiary/aromatic N) is 2. The fourth-order valence-corrected chi connectivity index (χ4v) is 4.13. The first-order valence-corrected chi connectivity index (χ1v) is 9.74. The molecule has 3 aromatic rings. The zero-order valence-corrected chi connectivity index (χ0v) is 15.0. The summed E-state index contributed by atoms with van der Waals surface area (Å²) < 4.78 is 13.2. The molecule has 1 saturated carbocycles. The highest BCUT2D eigenvalue weighted by Gasteiger charge is 2.34. The van der Waals surface area contributed by atoms with Crippen LogP contribution in [0.4, 0.5) is 0 Å². The highest BCUT2D eigenvalue weighted by Crippen LogP contribution is 2.43. The molecule has 1 aliphatic carbocycles. The Morgan fingerprint density at radius 2 is 2.15 bits per heavy atom. The number of nitrogens with one attached hydrogen (secondary N) is 1. The Morgan fingerprint density at radius 3 is 2.96 bits per heavy atom. The molecule has 1 fully saturated rings. The predicted molar refractivity (Wildman–Crippen MR) is 97.8 cm³/mol. The van der Waals surface area contributed by atoms with Crippen molar-refractivity contribution in [3.05, 3.63) is 47.2 Å². The smallest absolute Gasteiger partial charge is 0.226 e. The first-order chi connectivity index (χ1) is 12.8. The van der Waals surface area contributed by atoms with Gasteiger partial charge in [-0.1, -0.05) is 6.07 Å². The van der Waals surface area contributed by atoms with Gasteiger partial charge in [-0.05, 0) is 36.5 Å². The molecule has 0 unspecified atom stereocenters. The van der Waals surface area contributed by atoms with Crippen molar-refractivity contribution >= 4 is 22.2 Å². The van der Waals surface area contributed by atoms with Gasteiger partial charge in [0.15, 0.2) is 16.5 Å². The van der Waals surface area contributed by atoms with Crippen LogP contribution in [0.1, 0.15) is 30.1 Å². The molecule has 2 aliphatic rings. The van der Waals surface area contributed by atoms with E-state index >= 15 is 0 Å². The summed E-state index contributed by atoms with van der Waals surface area (Å²) in [6.45, 7) is 1.14. The van der Waals surface area contributed by atoms with Crippen molar-refractivity contribution in [2.45, 2.75) is 25.3 Å². The molecule has 0 spiro atoms. The van der Waals surface area contributed by atoms with Crippen molar-refractivity contribution in [2.24, 2.45) is 5.92 Å². The van der Waals surface area contributed by atoms with Crippen LogP contribution in [-0.2, 0) is 11.2 Å². The molecule has 134 valence electrons. The van der Waals surface area contributed by atoms with Gasteiger partial charge in [0.2, 0.25) is 5.91 Å². The third kappa shape index (κ3) is 3.03. The maximum absolute atomic E-state index is 12.6. The van der Waals surface area contributed by atoms with Crippen LogP contribution in [0.2, 0.25) is 0 Å². The number of aromatic nitrogens is 2. The van der Waals surface area contributed by atoms with Crippen LogP contribution in [0, 0.1) is 5.92 Å². The Bertz CT molecular complexity index is 932. The van der Waals surface area contributed by atoms with E-state index in [1.165, 1.54) is 0 Å². The number of benzene rings is 1. The number of fused-ring (bicyclic) bond motifs is 2. The van der Waals surface area contributed by atoms with Crippen LogP contribution in [0.25, 0.3) is 4.96 Å². The zero-order valence-electron chi connectivity index (χ0n) is 14.2. The summed E-state index contributed by atoms with van der Waals surface area (Å²) in [5.41, 5.74) is 1.88. The van der Waals surface area contributed by atoms with Crippen LogP contribution >= 0.6 is 11.3 Å². The summed E-state index contributed by atoms with van der Waals surface area (Å²) in [7, 11) is 0. The van der Waals surface area contributed by atoms with Gasteiger partial charge in [0, 0.05) is 17.8 Å². The largest absolute Gasteiger partial charge is 0.486 e. The van der Waals surface area contributed by atoms with E-state index in [-0.39, 0.29) is 11.9 Å². The minimum absolute atomic E-state index is 0.00235. The Labute approximate surface area is 154 Å². The highest BCUT2D eigenvalue weighted by molar-refractivity contribution is 7.15. The Hall–Kier alpha value is -2.54. The fraction of sp³-hybridized carbons (Fsp3) is 0.368. The van der Waals surface area contributed by atoms with E-state index in [1.807, 2.05) is 40.4 Å². The lowest BCUT2D eigenvalue weighted by Gasteiger charge is -2.23. The number of imidazole rings is 1. The minimum Gasteiger partial charge on any atom is -0.486 e. The maximum atomic E-state index is 12.6. The molecule has 1 amide bonds. The van der Waals surface area contributed by atoms with Crippen LogP contribution in [0.5, 0.6) is 11.5 Å². The first-order valence-electron chi connectivity index (χ1n) is 8.86. The number of amides is 1. The SMILES string of the molecule is O=C(Cc1cn2ccsc2n1)N[C@H](c1ccc2c(c1)OCCO2)C1CC1. The van der Waals surface area contributed by atoms with Crippen LogP contribution in [-0.4, -0.2) is 28.5 Å². The molecule has 26 heavy (non-hydrogen) atoms. The Morgan fingerprint density at radius 1 is 1.31 bits per heavy atom. The molecule has 5 rings (SSSR count). The number of rotatable bonds is 5. The van der Waals surface area contributed by atoms with E-state index in [9.17, 15) is 4.79 Å². The molecule has 3 heterocycles. The molecular formula is C19H19N3O3S. The third-order valence-corrected chi connectivity index (χ3v) is 5.59. The van der Waals surface area contributed by atoms with Gasteiger partial charge >= 0.3 is 0 Å². The van der Waals surface area contributed by atoms with Crippen molar-refractivity contribution in [1.29, 1.82) is 0 Å². The minimum atomic E-state index is 0.00235. The van der Waals surface area contributed by atoms with Crippen LogP contribution in [0.3, 0.4) is 0 Å². The van der Waals surface area contributed by atoms with Gasteiger partial charge in [-0.2, -0.15) is 0 Å². The van der Waals surface area contributed by atoms with Crippen molar-refractivity contribution in [3.63, 3.8) is 0 Å². The molecule has 1 atom stereocenters. The van der Waals surface area contributed by atoms with E-state index in [1.54, 1.807) is 11.3 Å². The molecule has 0 saturated heterocycles. The number of thiazole rings is 1. The number of carbonyl (C=O) groups is 1. The molecule has 0 bridgehead atoms. The van der Waals surface area contributed by atoms with Crippen molar-refractivity contribution < 1.29 is 14.3 Å². The molecule has 0 radical (unpaired) electrons. The monoisotopic (exact) mass is 369 g/mol. The summed E-state index contributed by atoms with van der Waals surface area (Å²) in [6.07, 6.45) is 6.44. The summed E-state index contributed by atoms with van der Waals surface area (Å²) in [6, 6.07) is 5.99. The standard InChI is InChI=1S/C19H19N3O3S/c23-17(10-14-11-22-5-8-26-19(22)20-14)21-18(12-1-2-12)13-3-4-15-16(9-13)25-7-6-24-15/h3-5,8-9,11-12,18H,1-2,6-7,10H2,(H,21,23)/t18-/m0/s1. The first kappa shape index (κ1) is 15.7. The molecule has 1 N–H and O–H groups in total. The van der Waals surface area contributed by atoms with Crippen LogP contribution in [0.15, 0.2) is 36.0 Å². The van der Waals surface area contributed by atoms with Crippen molar-refractivity contribution in [2.75, 3.05) is 13.2 Å². The molecule has 1 aliphatic heterocycles. The summed E-state index contributed by atoms with van der Waals surface area (Å²) in [5, 5.41) is 5.19. The van der Waals surface area contributed by atoms with E-state index in [4.69, 9.17) is 9.47 Å². The van der Waals surface area contributed by atoms with Gasteiger partial charge in [0.25, 0.3) is 0 Å². The Kier molecular flexibility index (Phi) is 3.81. The van der Waals surface area contributed by atoms with E-state index in [0.29, 0.717) is 25.6 Å². The average molecular weight is 369 g/mol. The number of carbonyl (C=O) groups excluding carboxylic acids is 1. The number of ether oxygens (including phenoxy) is 2. The van der Waals surface area contributed by atoms with Gasteiger partial charge in [-0.25, -0.2) is 4.98 Å². The molecule has 1 aromatic carbocycles. The molecule has 7 heteroatoms. The number of hydrogen-bond donors (Lipinski definition) is 1.